The second kappa shape index (κ2) is 6.97. The highest BCUT2D eigenvalue weighted by atomic mass is 19.1. The van der Waals surface area contributed by atoms with Gasteiger partial charge >= 0.3 is 0 Å². The summed E-state index contributed by atoms with van der Waals surface area (Å²) in [6.07, 6.45) is 2.83. The normalized spacial score (nSPS) is 25.2. The third kappa shape index (κ3) is 2.86. The molecule has 3 N–H and O–H groups in total. The lowest BCUT2D eigenvalue weighted by atomic mass is 9.99. The second-order valence-electron chi connectivity index (χ2n) is 7.38. The number of anilines is 1. The van der Waals surface area contributed by atoms with Crippen LogP contribution in [0.2, 0.25) is 0 Å². The molecule has 3 aliphatic heterocycles. The molecule has 0 bridgehead atoms. The molecule has 1 aromatic carbocycles. The first kappa shape index (κ1) is 18.5. The van der Waals surface area contributed by atoms with Crippen LogP contribution >= 0.6 is 0 Å². The van der Waals surface area contributed by atoms with Gasteiger partial charge in [0.1, 0.15) is 11.9 Å². The number of carbonyl (C=O) groups excluding carboxylic acids is 4. The van der Waals surface area contributed by atoms with Crippen LogP contribution in [0.25, 0.3) is 0 Å². The molecule has 0 spiro atoms. The van der Waals surface area contributed by atoms with Crippen molar-refractivity contribution >= 4 is 29.3 Å². The highest BCUT2D eigenvalue weighted by Crippen LogP contribution is 2.34. The van der Waals surface area contributed by atoms with Crippen LogP contribution in [0.15, 0.2) is 12.1 Å². The first-order chi connectivity index (χ1) is 13.4. The molecule has 148 valence electrons. The number of carbonyl (C=O) groups is 4. The van der Waals surface area contributed by atoms with Crippen LogP contribution in [0.4, 0.5) is 10.1 Å². The van der Waals surface area contributed by atoms with Crippen LogP contribution in [-0.4, -0.2) is 53.7 Å². The number of rotatable bonds is 3. The summed E-state index contributed by atoms with van der Waals surface area (Å²) in [6.45, 7) is 0.988. The number of hydrogen-bond donors (Lipinski definition) is 2. The van der Waals surface area contributed by atoms with Gasteiger partial charge in [-0.3, -0.25) is 29.4 Å². The molecule has 28 heavy (non-hydrogen) atoms. The lowest BCUT2D eigenvalue weighted by Gasteiger charge is -2.37. The van der Waals surface area contributed by atoms with E-state index in [-0.39, 0.29) is 35.7 Å². The molecule has 0 saturated carbocycles. The molecule has 8 nitrogen and oxygen atoms in total. The smallest absolute Gasteiger partial charge is 0.262 e. The van der Waals surface area contributed by atoms with E-state index in [9.17, 15) is 23.6 Å². The quantitative estimate of drug-likeness (QED) is 0.731. The van der Waals surface area contributed by atoms with Gasteiger partial charge in [-0.15, -0.1) is 0 Å². The Morgan fingerprint density at radius 2 is 1.79 bits per heavy atom. The number of benzene rings is 1. The molecule has 1 aromatic rings. The maximum atomic E-state index is 14.8. The van der Waals surface area contributed by atoms with Crippen molar-refractivity contribution in [3.8, 4) is 0 Å². The minimum absolute atomic E-state index is 0.0280. The van der Waals surface area contributed by atoms with E-state index in [0.29, 0.717) is 13.1 Å². The summed E-state index contributed by atoms with van der Waals surface area (Å²) in [5.41, 5.74) is 6.09. The number of nitrogens with zero attached hydrogens (tertiary/aromatic N) is 2. The van der Waals surface area contributed by atoms with Crippen molar-refractivity contribution in [3.05, 3.63) is 29.1 Å². The van der Waals surface area contributed by atoms with Gasteiger partial charge in [-0.2, -0.15) is 0 Å². The topological polar surface area (TPSA) is 113 Å². The van der Waals surface area contributed by atoms with E-state index in [0.717, 1.165) is 30.2 Å². The van der Waals surface area contributed by atoms with Gasteiger partial charge in [0.25, 0.3) is 11.8 Å². The molecule has 0 aliphatic carbocycles. The largest absolute Gasteiger partial charge is 0.365 e. The average Bonchev–Trinajstić information content (AvgIpc) is 2.91. The molecule has 4 rings (SSSR count). The van der Waals surface area contributed by atoms with Crippen molar-refractivity contribution in [1.29, 1.82) is 0 Å². The molecule has 4 amide bonds. The number of amides is 4. The summed E-state index contributed by atoms with van der Waals surface area (Å²) < 4.78 is 14.8. The molecule has 2 atom stereocenters. The van der Waals surface area contributed by atoms with Gasteiger partial charge in [0.05, 0.1) is 16.8 Å². The Kier molecular flexibility index (Phi) is 4.62. The van der Waals surface area contributed by atoms with Gasteiger partial charge in [0.2, 0.25) is 11.8 Å². The maximum Gasteiger partial charge on any atom is 0.262 e. The molecular formula is C19H21FN4O4. The fraction of sp³-hybridized carbons (Fsp3) is 0.474. The van der Waals surface area contributed by atoms with Crippen LogP contribution in [0.5, 0.6) is 0 Å². The molecule has 2 fully saturated rings. The summed E-state index contributed by atoms with van der Waals surface area (Å²) >= 11 is 0. The minimum atomic E-state index is -1.07. The van der Waals surface area contributed by atoms with Crippen molar-refractivity contribution in [3.63, 3.8) is 0 Å². The Hall–Kier alpha value is -2.81. The fourth-order valence-electron chi connectivity index (χ4n) is 4.26. The third-order valence-corrected chi connectivity index (χ3v) is 5.72. The summed E-state index contributed by atoms with van der Waals surface area (Å²) in [4.78, 5) is 51.8. The van der Waals surface area contributed by atoms with Gasteiger partial charge in [0, 0.05) is 25.6 Å². The zero-order chi connectivity index (χ0) is 20.0. The number of fused-ring (bicyclic) bond motifs is 1. The Morgan fingerprint density at radius 3 is 2.46 bits per heavy atom. The van der Waals surface area contributed by atoms with Crippen molar-refractivity contribution in [2.24, 2.45) is 5.73 Å². The van der Waals surface area contributed by atoms with Gasteiger partial charge < -0.3 is 10.6 Å². The fourth-order valence-corrected chi connectivity index (χ4v) is 4.26. The van der Waals surface area contributed by atoms with E-state index >= 15 is 0 Å². The first-order valence-corrected chi connectivity index (χ1v) is 9.44. The van der Waals surface area contributed by atoms with Crippen LogP contribution in [0, 0.1) is 5.82 Å². The molecule has 3 heterocycles. The lowest BCUT2D eigenvalue weighted by Crippen LogP contribution is -2.54. The van der Waals surface area contributed by atoms with E-state index in [1.54, 1.807) is 0 Å². The molecule has 3 aliphatic rings. The number of nitrogens with two attached hydrogens (primary N) is 1. The number of halogens is 1. The summed E-state index contributed by atoms with van der Waals surface area (Å²) in [5.74, 6) is -3.08. The zero-order valence-corrected chi connectivity index (χ0v) is 15.2. The number of piperidine rings is 2. The van der Waals surface area contributed by atoms with E-state index in [2.05, 4.69) is 5.32 Å². The van der Waals surface area contributed by atoms with Crippen molar-refractivity contribution in [1.82, 2.24) is 10.2 Å². The zero-order valence-electron chi connectivity index (χ0n) is 15.2. The Morgan fingerprint density at radius 1 is 1.07 bits per heavy atom. The first-order valence-electron chi connectivity index (χ1n) is 9.44. The number of imide groups is 2. The van der Waals surface area contributed by atoms with Crippen molar-refractivity contribution in [2.75, 3.05) is 18.0 Å². The molecule has 0 radical (unpaired) electrons. The SMILES string of the molecule is NC[C@@H]1CCCCN1c1cc2c(cc1F)C(=O)N(C1CCC(=O)NC1=O)C2=O. The molecular weight excluding hydrogens is 367 g/mol. The molecule has 0 aromatic heterocycles. The van der Waals surface area contributed by atoms with E-state index in [1.165, 1.54) is 6.07 Å². The number of hydrogen-bond acceptors (Lipinski definition) is 6. The summed E-state index contributed by atoms with van der Waals surface area (Å²) in [5, 5.41) is 2.14. The predicted molar refractivity (Wildman–Crippen MR) is 97.1 cm³/mol. The van der Waals surface area contributed by atoms with Gasteiger partial charge in [-0.1, -0.05) is 0 Å². The lowest BCUT2D eigenvalue weighted by molar-refractivity contribution is -0.136. The highest BCUT2D eigenvalue weighted by Gasteiger charge is 2.45. The second-order valence-corrected chi connectivity index (χ2v) is 7.38. The van der Waals surface area contributed by atoms with Crippen molar-refractivity contribution < 1.29 is 23.6 Å². The van der Waals surface area contributed by atoms with Gasteiger partial charge in [0.15, 0.2) is 0 Å². The summed E-state index contributed by atoms with van der Waals surface area (Å²) in [7, 11) is 0. The molecule has 1 unspecified atom stereocenters. The van der Waals surface area contributed by atoms with Gasteiger partial charge in [-0.25, -0.2) is 4.39 Å². The number of nitrogens with one attached hydrogen (secondary N) is 1. The van der Waals surface area contributed by atoms with Crippen LogP contribution in [0.1, 0.15) is 52.8 Å². The summed E-state index contributed by atoms with van der Waals surface area (Å²) in [6, 6.07) is 1.37. The Balaban J connectivity index is 1.69. The highest BCUT2D eigenvalue weighted by molar-refractivity contribution is 6.23. The Bertz CT molecular complexity index is 887. The molecule has 9 heteroatoms. The van der Waals surface area contributed by atoms with Crippen molar-refractivity contribution in [2.45, 2.75) is 44.2 Å². The van der Waals surface area contributed by atoms with E-state index in [4.69, 9.17) is 5.73 Å². The van der Waals surface area contributed by atoms with Crippen LogP contribution in [-0.2, 0) is 9.59 Å². The monoisotopic (exact) mass is 388 g/mol. The van der Waals surface area contributed by atoms with Gasteiger partial charge in [-0.05, 0) is 37.8 Å². The van der Waals surface area contributed by atoms with Crippen LogP contribution in [0.3, 0.4) is 0 Å². The van der Waals surface area contributed by atoms with E-state index in [1.807, 2.05) is 4.90 Å². The standard InChI is InChI=1S/C19H21FN4O4/c20-13-7-11-12(8-15(13)23-6-2-1-3-10(23)9-21)19(28)24(18(11)27)14-4-5-16(25)22-17(14)26/h7-8,10,14H,1-6,9,21H2,(H,22,25,26)/t10-,14?/m0/s1. The van der Waals surface area contributed by atoms with Crippen LogP contribution < -0.4 is 16.0 Å². The average molecular weight is 388 g/mol. The Labute approximate surface area is 160 Å². The third-order valence-electron chi connectivity index (χ3n) is 5.72. The molecule has 2 saturated heterocycles. The van der Waals surface area contributed by atoms with E-state index < -0.39 is 35.5 Å². The minimum Gasteiger partial charge on any atom is -0.365 e. The predicted octanol–water partition coefficient (Wildman–Crippen LogP) is 0.544. The maximum absolute atomic E-state index is 14.8.